The Balaban J connectivity index is 1.89. The predicted octanol–water partition coefficient (Wildman–Crippen LogP) is 1.80. The summed E-state index contributed by atoms with van der Waals surface area (Å²) in [6, 6.07) is 5.82. The van der Waals surface area contributed by atoms with Gasteiger partial charge < -0.3 is 19.1 Å². The van der Waals surface area contributed by atoms with E-state index >= 15 is 0 Å². The van der Waals surface area contributed by atoms with Crippen LogP contribution in [0.25, 0.3) is 0 Å². The molecule has 5 nitrogen and oxygen atoms in total. The summed E-state index contributed by atoms with van der Waals surface area (Å²) in [4.78, 5) is 13.1. The van der Waals surface area contributed by atoms with Gasteiger partial charge in [0, 0.05) is 31.8 Å². The van der Waals surface area contributed by atoms with E-state index in [0.717, 1.165) is 30.2 Å². The monoisotopic (exact) mass is 251 g/mol. The van der Waals surface area contributed by atoms with Gasteiger partial charge in [-0.2, -0.15) is 0 Å². The number of hydrogen-bond donors (Lipinski definition) is 0. The first-order chi connectivity index (χ1) is 8.70. The second-order valence-corrected chi connectivity index (χ2v) is 4.14. The molecule has 0 fully saturated rings. The number of anilines is 1. The van der Waals surface area contributed by atoms with Gasteiger partial charge in [-0.15, -0.1) is 0 Å². The van der Waals surface area contributed by atoms with Crippen LogP contribution in [0.1, 0.15) is 12.8 Å². The highest BCUT2D eigenvalue weighted by atomic mass is 16.7. The summed E-state index contributed by atoms with van der Waals surface area (Å²) < 4.78 is 15.2. The fourth-order valence-electron chi connectivity index (χ4n) is 1.81. The van der Waals surface area contributed by atoms with Gasteiger partial charge in [0.1, 0.15) is 0 Å². The summed E-state index contributed by atoms with van der Waals surface area (Å²) in [6.45, 7) is 1.07. The van der Waals surface area contributed by atoms with Crippen molar-refractivity contribution in [1.82, 2.24) is 0 Å². The Morgan fingerprint density at radius 1 is 1.39 bits per heavy atom. The summed E-state index contributed by atoms with van der Waals surface area (Å²) in [6.07, 6.45) is 1.20. The standard InChI is InChI=1S/C13H17NO4/c1-14(7-3-4-13(15)16-2)10-5-6-11-12(8-10)18-9-17-11/h5-6,8H,3-4,7,9H2,1-2H3. The van der Waals surface area contributed by atoms with Crippen LogP contribution in [0.4, 0.5) is 5.69 Å². The molecule has 1 aromatic rings. The van der Waals surface area contributed by atoms with E-state index in [9.17, 15) is 4.79 Å². The van der Waals surface area contributed by atoms with Gasteiger partial charge in [0.2, 0.25) is 6.79 Å². The van der Waals surface area contributed by atoms with E-state index in [1.165, 1.54) is 7.11 Å². The molecule has 0 aromatic heterocycles. The third-order valence-electron chi connectivity index (χ3n) is 2.90. The number of hydrogen-bond acceptors (Lipinski definition) is 5. The smallest absolute Gasteiger partial charge is 0.305 e. The van der Waals surface area contributed by atoms with Crippen LogP contribution in [0.2, 0.25) is 0 Å². The normalized spacial score (nSPS) is 12.3. The Bertz CT molecular complexity index is 433. The molecule has 1 aliphatic rings. The Kier molecular flexibility index (Phi) is 3.92. The zero-order valence-electron chi connectivity index (χ0n) is 10.6. The molecule has 0 aliphatic carbocycles. The fraction of sp³-hybridized carbons (Fsp3) is 0.462. The molecular weight excluding hydrogens is 234 g/mol. The number of nitrogens with zero attached hydrogens (tertiary/aromatic N) is 1. The summed E-state index contributed by atoms with van der Waals surface area (Å²) in [5, 5.41) is 0. The summed E-state index contributed by atoms with van der Waals surface area (Å²) in [7, 11) is 3.39. The van der Waals surface area contributed by atoms with Crippen LogP contribution in [-0.2, 0) is 9.53 Å². The average molecular weight is 251 g/mol. The number of esters is 1. The molecule has 1 aromatic carbocycles. The molecular formula is C13H17NO4. The zero-order valence-corrected chi connectivity index (χ0v) is 10.6. The van der Waals surface area contributed by atoms with E-state index in [1.54, 1.807) is 0 Å². The highest BCUT2D eigenvalue weighted by Gasteiger charge is 2.14. The number of benzene rings is 1. The number of carbonyl (C=O) groups excluding carboxylic acids is 1. The number of carbonyl (C=O) groups is 1. The van der Waals surface area contributed by atoms with Gasteiger partial charge in [0.05, 0.1) is 7.11 Å². The second-order valence-electron chi connectivity index (χ2n) is 4.14. The lowest BCUT2D eigenvalue weighted by Crippen LogP contribution is -2.19. The van der Waals surface area contributed by atoms with Crippen LogP contribution in [0.3, 0.4) is 0 Å². The van der Waals surface area contributed by atoms with E-state index in [0.29, 0.717) is 6.42 Å². The molecule has 18 heavy (non-hydrogen) atoms. The van der Waals surface area contributed by atoms with Crippen LogP contribution in [0, 0.1) is 0 Å². The van der Waals surface area contributed by atoms with Crippen LogP contribution in [0.5, 0.6) is 11.5 Å². The molecule has 0 bridgehead atoms. The fourth-order valence-corrected chi connectivity index (χ4v) is 1.81. The molecule has 0 saturated carbocycles. The molecule has 0 spiro atoms. The van der Waals surface area contributed by atoms with Gasteiger partial charge >= 0.3 is 5.97 Å². The summed E-state index contributed by atoms with van der Waals surface area (Å²) in [5.41, 5.74) is 1.05. The van der Waals surface area contributed by atoms with Crippen molar-refractivity contribution in [3.63, 3.8) is 0 Å². The van der Waals surface area contributed by atoms with E-state index in [-0.39, 0.29) is 12.8 Å². The lowest BCUT2D eigenvalue weighted by Gasteiger charge is -2.19. The van der Waals surface area contributed by atoms with E-state index < -0.39 is 0 Å². The molecule has 0 N–H and O–H groups in total. The number of fused-ring (bicyclic) bond motifs is 1. The van der Waals surface area contributed by atoms with Gasteiger partial charge in [-0.1, -0.05) is 0 Å². The first kappa shape index (κ1) is 12.5. The quantitative estimate of drug-likeness (QED) is 0.747. The molecule has 2 rings (SSSR count). The lowest BCUT2D eigenvalue weighted by atomic mass is 10.2. The molecule has 0 unspecified atom stereocenters. The van der Waals surface area contributed by atoms with Crippen molar-refractivity contribution in [3.05, 3.63) is 18.2 Å². The summed E-state index contributed by atoms with van der Waals surface area (Å²) in [5.74, 6) is 1.38. The maximum atomic E-state index is 11.0. The lowest BCUT2D eigenvalue weighted by molar-refractivity contribution is -0.140. The van der Waals surface area contributed by atoms with Crippen LogP contribution in [0.15, 0.2) is 18.2 Å². The van der Waals surface area contributed by atoms with Crippen molar-refractivity contribution >= 4 is 11.7 Å². The van der Waals surface area contributed by atoms with E-state index in [2.05, 4.69) is 9.64 Å². The Labute approximate surface area is 106 Å². The van der Waals surface area contributed by atoms with Gasteiger partial charge in [0.25, 0.3) is 0 Å². The van der Waals surface area contributed by atoms with Crippen molar-refractivity contribution in [2.75, 3.05) is 32.4 Å². The number of ether oxygens (including phenoxy) is 3. The van der Waals surface area contributed by atoms with Gasteiger partial charge in [0.15, 0.2) is 11.5 Å². The third-order valence-corrected chi connectivity index (χ3v) is 2.90. The van der Waals surface area contributed by atoms with Crippen molar-refractivity contribution in [2.24, 2.45) is 0 Å². The molecule has 0 amide bonds. The average Bonchev–Trinajstić information content (AvgIpc) is 2.85. The predicted molar refractivity (Wildman–Crippen MR) is 67.1 cm³/mol. The molecule has 98 valence electrons. The minimum absolute atomic E-state index is 0.172. The number of methoxy groups -OCH3 is 1. The van der Waals surface area contributed by atoms with E-state index in [4.69, 9.17) is 9.47 Å². The molecule has 1 aliphatic heterocycles. The minimum atomic E-state index is -0.172. The molecule has 5 heteroatoms. The third kappa shape index (κ3) is 2.85. The minimum Gasteiger partial charge on any atom is -0.469 e. The highest BCUT2D eigenvalue weighted by molar-refractivity contribution is 5.69. The van der Waals surface area contributed by atoms with Crippen LogP contribution in [-0.4, -0.2) is 33.5 Å². The SMILES string of the molecule is COC(=O)CCCN(C)c1ccc2c(c1)OCO2. The van der Waals surface area contributed by atoms with Crippen LogP contribution >= 0.6 is 0 Å². The Morgan fingerprint density at radius 3 is 2.94 bits per heavy atom. The molecule has 0 radical (unpaired) electrons. The van der Waals surface area contributed by atoms with Gasteiger partial charge in [-0.25, -0.2) is 0 Å². The maximum Gasteiger partial charge on any atom is 0.305 e. The van der Waals surface area contributed by atoms with Gasteiger partial charge in [-0.05, 0) is 18.6 Å². The topological polar surface area (TPSA) is 48.0 Å². The largest absolute Gasteiger partial charge is 0.469 e. The summed E-state index contributed by atoms with van der Waals surface area (Å²) >= 11 is 0. The molecule has 1 heterocycles. The zero-order chi connectivity index (χ0) is 13.0. The molecule has 0 atom stereocenters. The Morgan fingerprint density at radius 2 is 2.17 bits per heavy atom. The van der Waals surface area contributed by atoms with E-state index in [1.807, 2.05) is 25.2 Å². The number of rotatable bonds is 5. The Hall–Kier alpha value is -1.91. The maximum absolute atomic E-state index is 11.0. The van der Waals surface area contributed by atoms with Crippen molar-refractivity contribution in [2.45, 2.75) is 12.8 Å². The molecule has 0 saturated heterocycles. The van der Waals surface area contributed by atoms with Crippen molar-refractivity contribution in [3.8, 4) is 11.5 Å². The van der Waals surface area contributed by atoms with Crippen LogP contribution < -0.4 is 14.4 Å². The highest BCUT2D eigenvalue weighted by Crippen LogP contribution is 2.35. The van der Waals surface area contributed by atoms with Crippen molar-refractivity contribution in [1.29, 1.82) is 0 Å². The first-order valence-electron chi connectivity index (χ1n) is 5.88. The van der Waals surface area contributed by atoms with Crippen molar-refractivity contribution < 1.29 is 19.0 Å². The van der Waals surface area contributed by atoms with Gasteiger partial charge in [-0.3, -0.25) is 4.79 Å². The first-order valence-corrected chi connectivity index (χ1v) is 5.88. The second kappa shape index (κ2) is 5.62.